The number of carbonyl (C=O) groups is 3. The summed E-state index contributed by atoms with van der Waals surface area (Å²) < 4.78 is 0. The van der Waals surface area contributed by atoms with Gasteiger partial charge in [-0.1, -0.05) is 18.2 Å². The van der Waals surface area contributed by atoms with Crippen molar-refractivity contribution in [1.82, 2.24) is 4.90 Å². The summed E-state index contributed by atoms with van der Waals surface area (Å²) in [6.45, 7) is 3.37. The van der Waals surface area contributed by atoms with Crippen molar-refractivity contribution < 1.29 is 19.5 Å². The molecule has 0 spiro atoms. The highest BCUT2D eigenvalue weighted by Crippen LogP contribution is 2.22. The molecule has 0 bridgehead atoms. The lowest BCUT2D eigenvalue weighted by molar-refractivity contribution is -0.115. The molecule has 1 aliphatic heterocycles. The highest BCUT2D eigenvalue weighted by Gasteiger charge is 2.22. The number of hydrogen-bond donors (Lipinski definition) is 2. The Morgan fingerprint density at radius 1 is 1.07 bits per heavy atom. The van der Waals surface area contributed by atoms with Crippen molar-refractivity contribution >= 4 is 23.5 Å². The average molecular weight is 366 g/mol. The third kappa shape index (κ3) is 4.34. The van der Waals surface area contributed by atoms with Crippen molar-refractivity contribution in [2.24, 2.45) is 0 Å². The molecule has 3 rings (SSSR count). The maximum Gasteiger partial charge on any atom is 0.335 e. The van der Waals surface area contributed by atoms with Crippen molar-refractivity contribution in [2.75, 3.05) is 18.4 Å². The molecule has 0 aromatic heterocycles. The molecular weight excluding hydrogens is 344 g/mol. The van der Waals surface area contributed by atoms with Gasteiger partial charge in [0.25, 0.3) is 5.91 Å². The normalized spacial score (nSPS) is 13.4. The topological polar surface area (TPSA) is 86.7 Å². The van der Waals surface area contributed by atoms with E-state index in [-0.39, 0.29) is 23.8 Å². The second-order valence-corrected chi connectivity index (χ2v) is 6.71. The lowest BCUT2D eigenvalue weighted by Crippen LogP contribution is -2.28. The van der Waals surface area contributed by atoms with Gasteiger partial charge in [0.1, 0.15) is 0 Å². The Bertz CT molecular complexity index is 886. The Morgan fingerprint density at radius 3 is 2.48 bits per heavy atom. The van der Waals surface area contributed by atoms with Gasteiger partial charge < -0.3 is 15.3 Å². The zero-order valence-electron chi connectivity index (χ0n) is 15.2. The van der Waals surface area contributed by atoms with E-state index in [0.717, 1.165) is 31.5 Å². The molecule has 0 radical (unpaired) electrons. The Hall–Kier alpha value is -3.15. The number of aromatic carboxylic acids is 1. The van der Waals surface area contributed by atoms with Crippen LogP contribution in [0.5, 0.6) is 0 Å². The SMILES string of the molecule is Cc1c(NC(=O)Cc2cccc(C(=O)O)c2)cccc1C(=O)N1CCCC1. The number of nitrogens with zero attached hydrogens (tertiary/aromatic N) is 1. The number of hydrogen-bond acceptors (Lipinski definition) is 3. The van der Waals surface area contributed by atoms with E-state index in [1.54, 1.807) is 30.3 Å². The standard InChI is InChI=1S/C21H22N2O4/c1-14-17(20(25)23-10-2-3-11-23)8-5-9-18(14)22-19(24)13-15-6-4-7-16(12-15)21(26)27/h4-9,12H,2-3,10-11,13H2,1H3,(H,22,24)(H,26,27). The van der Waals surface area contributed by atoms with Gasteiger partial charge in [-0.05, 0) is 55.2 Å². The van der Waals surface area contributed by atoms with Crippen molar-refractivity contribution in [3.05, 3.63) is 64.7 Å². The van der Waals surface area contributed by atoms with E-state index >= 15 is 0 Å². The largest absolute Gasteiger partial charge is 0.478 e. The second kappa shape index (κ2) is 8.03. The lowest BCUT2D eigenvalue weighted by atomic mass is 10.0. The molecular formula is C21H22N2O4. The first kappa shape index (κ1) is 18.6. The van der Waals surface area contributed by atoms with E-state index in [1.165, 1.54) is 12.1 Å². The molecule has 6 heteroatoms. The first-order valence-corrected chi connectivity index (χ1v) is 8.96. The van der Waals surface area contributed by atoms with Gasteiger partial charge in [-0.15, -0.1) is 0 Å². The molecule has 140 valence electrons. The highest BCUT2D eigenvalue weighted by molar-refractivity contribution is 6.00. The Balaban J connectivity index is 1.72. The molecule has 2 aromatic carbocycles. The van der Waals surface area contributed by atoms with Gasteiger partial charge in [0.2, 0.25) is 5.91 Å². The molecule has 2 amide bonds. The number of benzene rings is 2. The minimum atomic E-state index is -1.03. The Labute approximate surface area is 157 Å². The molecule has 6 nitrogen and oxygen atoms in total. The number of carboxylic acid groups (broad SMARTS) is 1. The van der Waals surface area contributed by atoms with Crippen LogP contribution >= 0.6 is 0 Å². The maximum atomic E-state index is 12.7. The van der Waals surface area contributed by atoms with Gasteiger partial charge in [0.15, 0.2) is 0 Å². The molecule has 0 atom stereocenters. The van der Waals surface area contributed by atoms with Crippen molar-refractivity contribution in [3.63, 3.8) is 0 Å². The van der Waals surface area contributed by atoms with Gasteiger partial charge in [0, 0.05) is 24.3 Å². The number of likely N-dealkylation sites (tertiary alicyclic amines) is 1. The van der Waals surface area contributed by atoms with Crippen molar-refractivity contribution in [3.8, 4) is 0 Å². The highest BCUT2D eigenvalue weighted by atomic mass is 16.4. The fraction of sp³-hybridized carbons (Fsp3) is 0.286. The molecule has 0 saturated carbocycles. The molecule has 2 aromatic rings. The van der Waals surface area contributed by atoms with Gasteiger partial charge in [0.05, 0.1) is 12.0 Å². The van der Waals surface area contributed by atoms with Gasteiger partial charge in [-0.2, -0.15) is 0 Å². The summed E-state index contributed by atoms with van der Waals surface area (Å²) in [6.07, 6.45) is 2.11. The van der Waals surface area contributed by atoms with E-state index in [1.807, 2.05) is 11.8 Å². The smallest absolute Gasteiger partial charge is 0.335 e. The van der Waals surface area contributed by atoms with Crippen LogP contribution in [0, 0.1) is 6.92 Å². The summed E-state index contributed by atoms with van der Waals surface area (Å²) >= 11 is 0. The molecule has 1 fully saturated rings. The van der Waals surface area contributed by atoms with E-state index < -0.39 is 5.97 Å². The molecule has 1 heterocycles. The second-order valence-electron chi connectivity index (χ2n) is 6.71. The van der Waals surface area contributed by atoms with Gasteiger partial charge in [-0.3, -0.25) is 9.59 Å². The predicted octanol–water partition coefficient (Wildman–Crippen LogP) is 3.11. The maximum absolute atomic E-state index is 12.7. The molecule has 0 aliphatic carbocycles. The number of rotatable bonds is 5. The van der Waals surface area contributed by atoms with E-state index in [4.69, 9.17) is 5.11 Å². The third-order valence-electron chi connectivity index (χ3n) is 4.77. The quantitative estimate of drug-likeness (QED) is 0.851. The van der Waals surface area contributed by atoms with Gasteiger partial charge in [-0.25, -0.2) is 4.79 Å². The van der Waals surface area contributed by atoms with Crippen LogP contribution in [0.4, 0.5) is 5.69 Å². The average Bonchev–Trinajstić information content (AvgIpc) is 3.18. The van der Waals surface area contributed by atoms with Crippen LogP contribution in [0.15, 0.2) is 42.5 Å². The van der Waals surface area contributed by atoms with E-state index in [2.05, 4.69) is 5.32 Å². The molecule has 2 N–H and O–H groups in total. The van der Waals surface area contributed by atoms with Crippen LogP contribution in [0.3, 0.4) is 0 Å². The van der Waals surface area contributed by atoms with Crippen LogP contribution < -0.4 is 5.32 Å². The van der Waals surface area contributed by atoms with Crippen molar-refractivity contribution in [1.29, 1.82) is 0 Å². The predicted molar refractivity (Wildman–Crippen MR) is 102 cm³/mol. The molecule has 27 heavy (non-hydrogen) atoms. The number of amides is 2. The minimum Gasteiger partial charge on any atom is -0.478 e. The zero-order chi connectivity index (χ0) is 19.4. The number of nitrogens with one attached hydrogen (secondary N) is 1. The number of anilines is 1. The number of carbonyl (C=O) groups excluding carboxylic acids is 2. The van der Waals surface area contributed by atoms with Crippen LogP contribution in [-0.2, 0) is 11.2 Å². The molecule has 1 aliphatic rings. The molecule has 1 saturated heterocycles. The first-order chi connectivity index (χ1) is 13.0. The summed E-state index contributed by atoms with van der Waals surface area (Å²) in [4.78, 5) is 37.9. The minimum absolute atomic E-state index is 0.00439. The fourth-order valence-corrected chi connectivity index (χ4v) is 3.29. The van der Waals surface area contributed by atoms with E-state index in [0.29, 0.717) is 16.8 Å². The summed E-state index contributed by atoms with van der Waals surface area (Å²) in [5.74, 6) is -1.29. The lowest BCUT2D eigenvalue weighted by Gasteiger charge is -2.18. The summed E-state index contributed by atoms with van der Waals surface area (Å²) in [7, 11) is 0. The van der Waals surface area contributed by atoms with Crippen LogP contribution in [0.1, 0.15) is 44.7 Å². The zero-order valence-corrected chi connectivity index (χ0v) is 15.2. The van der Waals surface area contributed by atoms with Crippen LogP contribution in [0.2, 0.25) is 0 Å². The van der Waals surface area contributed by atoms with E-state index in [9.17, 15) is 14.4 Å². The monoisotopic (exact) mass is 366 g/mol. The number of carboxylic acids is 1. The first-order valence-electron chi connectivity index (χ1n) is 8.96. The Kier molecular flexibility index (Phi) is 5.54. The Morgan fingerprint density at radius 2 is 1.78 bits per heavy atom. The third-order valence-corrected chi connectivity index (χ3v) is 4.77. The fourth-order valence-electron chi connectivity index (χ4n) is 3.29. The molecule has 0 unspecified atom stereocenters. The van der Waals surface area contributed by atoms with Crippen LogP contribution in [-0.4, -0.2) is 40.9 Å². The van der Waals surface area contributed by atoms with Crippen LogP contribution in [0.25, 0.3) is 0 Å². The summed E-state index contributed by atoms with van der Waals surface area (Å²) in [5, 5.41) is 11.9. The summed E-state index contributed by atoms with van der Waals surface area (Å²) in [5.41, 5.74) is 2.70. The van der Waals surface area contributed by atoms with Crippen molar-refractivity contribution in [2.45, 2.75) is 26.2 Å². The van der Waals surface area contributed by atoms with Gasteiger partial charge >= 0.3 is 5.97 Å². The summed E-state index contributed by atoms with van der Waals surface area (Å²) in [6, 6.07) is 11.6.